The summed E-state index contributed by atoms with van der Waals surface area (Å²) in [6.45, 7) is 1.44. The van der Waals surface area contributed by atoms with Gasteiger partial charge in [-0.3, -0.25) is 0 Å². The maximum absolute atomic E-state index is 10.1. The molecule has 4 unspecified atom stereocenters. The molecule has 4 atom stereocenters. The van der Waals surface area contributed by atoms with Crippen LogP contribution in [0.15, 0.2) is 0 Å². The Labute approximate surface area is 174 Å². The monoisotopic (exact) mass is 388 g/mol. The van der Waals surface area contributed by atoms with Gasteiger partial charge in [0.25, 0.3) is 0 Å². The van der Waals surface area contributed by atoms with E-state index in [1.807, 2.05) is 0 Å². The molecule has 7 nitrogen and oxygen atoms in total. The fourth-order valence-electron chi connectivity index (χ4n) is 2.41. The fourth-order valence-corrected chi connectivity index (χ4v) is 2.91. The van der Waals surface area contributed by atoms with Gasteiger partial charge in [0.1, 0.15) is 18.3 Å². The van der Waals surface area contributed by atoms with Crippen LogP contribution in [0.5, 0.6) is 0 Å². The predicted octanol–water partition coefficient (Wildman–Crippen LogP) is 1.00. The molecule has 0 rings (SSSR count). The normalized spacial score (nSPS) is 15.5. The summed E-state index contributed by atoms with van der Waals surface area (Å²) in [4.78, 5) is 10.1. The zero-order valence-electron chi connectivity index (χ0n) is 16.4. The predicted molar refractivity (Wildman–Crippen MR) is 101 cm³/mol. The van der Waals surface area contributed by atoms with Crippen molar-refractivity contribution in [3.63, 3.8) is 0 Å². The van der Waals surface area contributed by atoms with Gasteiger partial charge < -0.3 is 30.6 Å². The second-order valence-corrected chi connectivity index (χ2v) is 7.70. The van der Waals surface area contributed by atoms with Crippen molar-refractivity contribution in [2.45, 2.75) is 99.2 Å². The summed E-state index contributed by atoms with van der Waals surface area (Å²) in [7, 11) is 0. The number of carboxylic acid groups (broad SMARTS) is 1. The van der Waals surface area contributed by atoms with Crippen LogP contribution in [0.1, 0.15) is 71.1 Å². The maximum atomic E-state index is 10.1. The summed E-state index contributed by atoms with van der Waals surface area (Å²) in [5.41, 5.74) is 0. The number of rotatable bonds is 15. The number of aliphatic carboxylic acids is 1. The van der Waals surface area contributed by atoms with Crippen molar-refractivity contribution in [2.75, 3.05) is 6.61 Å². The van der Waals surface area contributed by atoms with E-state index in [9.17, 15) is 4.79 Å². The van der Waals surface area contributed by atoms with Gasteiger partial charge >= 0.3 is 109 Å². The van der Waals surface area contributed by atoms with Crippen molar-refractivity contribution in [2.24, 2.45) is 0 Å². The number of aliphatic hydroxyl groups excluding tert-OH is 5. The molecule has 0 saturated carbocycles. The van der Waals surface area contributed by atoms with Gasteiger partial charge in [-0.25, -0.2) is 4.79 Å². The summed E-state index contributed by atoms with van der Waals surface area (Å²) in [5, 5.41) is 51.8. The molecule has 0 heterocycles. The molecule has 0 saturated heterocycles. The Bertz CT molecular complexity index is 308. The molecule has 0 aromatic heterocycles. The van der Waals surface area contributed by atoms with Crippen LogP contribution in [-0.4, -0.2) is 95.6 Å². The van der Waals surface area contributed by atoms with Crippen LogP contribution in [0.2, 0.25) is 3.67 Å². The van der Waals surface area contributed by atoms with Crippen LogP contribution < -0.4 is 0 Å². The van der Waals surface area contributed by atoms with Crippen molar-refractivity contribution in [1.29, 1.82) is 0 Å². The summed E-state index contributed by atoms with van der Waals surface area (Å²) < 4.78 is 1.51. The smallest absolute Gasteiger partial charge is 0.335 e. The first kappa shape index (κ1) is 28.5. The first-order valence-corrected chi connectivity index (χ1v) is 11.3. The van der Waals surface area contributed by atoms with Crippen molar-refractivity contribution in [3.8, 4) is 0 Å². The van der Waals surface area contributed by atoms with Crippen LogP contribution in [0.4, 0.5) is 0 Å². The van der Waals surface area contributed by atoms with Crippen LogP contribution in [0.25, 0.3) is 0 Å². The van der Waals surface area contributed by atoms with Gasteiger partial charge in [0.2, 0.25) is 0 Å². The van der Waals surface area contributed by atoms with Crippen molar-refractivity contribution in [1.82, 2.24) is 0 Å². The first-order valence-electron chi connectivity index (χ1n) is 9.89. The molecule has 0 aromatic rings. The van der Waals surface area contributed by atoms with Crippen molar-refractivity contribution >= 4 is 33.9 Å². The Kier molecular flexibility index (Phi) is 21.9. The maximum Gasteiger partial charge on any atom is 0.335 e. The molecule has 0 spiro atoms. The Morgan fingerprint density at radius 3 is 1.58 bits per heavy atom. The number of carbonyl (C=O) groups is 1. The van der Waals surface area contributed by atoms with Crippen molar-refractivity contribution < 1.29 is 35.4 Å². The molecule has 0 radical (unpaired) electrons. The van der Waals surface area contributed by atoms with Gasteiger partial charge in [-0.2, -0.15) is 0 Å². The number of unbranched alkanes of at least 4 members (excludes halogenated alkanes) is 9. The van der Waals surface area contributed by atoms with Crippen molar-refractivity contribution in [3.05, 3.63) is 0 Å². The second-order valence-electron chi connectivity index (χ2n) is 6.70. The molecular formula is C18H37NaO7. The third kappa shape index (κ3) is 16.4. The summed E-state index contributed by atoms with van der Waals surface area (Å²) >= 11 is 1.41. The zero-order valence-corrected chi connectivity index (χ0v) is 18.4. The van der Waals surface area contributed by atoms with Gasteiger partial charge in [0.05, 0.1) is 6.61 Å². The molecule has 0 bridgehead atoms. The standard InChI is InChI=1S/C12H25.C6H12O7.Na/c1-3-5-7-9-11-12-10-8-6-4-2;7-1-2(8)3(9)4(10)5(11)6(12)13;/h1,3-12H2,2H3;2-5,7-11H,1H2,(H,12,13);. The van der Waals surface area contributed by atoms with Crippen LogP contribution in [0, 0.1) is 0 Å². The fraction of sp³-hybridized carbons (Fsp3) is 0.944. The van der Waals surface area contributed by atoms with E-state index in [1.54, 1.807) is 0 Å². The Morgan fingerprint density at radius 1 is 0.808 bits per heavy atom. The van der Waals surface area contributed by atoms with E-state index in [1.165, 1.54) is 95.8 Å². The average Bonchev–Trinajstić information content (AvgIpc) is 2.64. The Morgan fingerprint density at radius 2 is 1.23 bits per heavy atom. The van der Waals surface area contributed by atoms with Crippen LogP contribution in [0.3, 0.4) is 0 Å². The Balaban J connectivity index is 0. The first-order chi connectivity index (χ1) is 12.3. The summed E-state index contributed by atoms with van der Waals surface area (Å²) in [5.74, 6) is -1.73. The molecule has 0 aliphatic carbocycles. The number of aliphatic hydroxyl groups is 5. The number of carboxylic acids is 1. The molecule has 26 heavy (non-hydrogen) atoms. The minimum absolute atomic E-state index is 0.843. The minimum Gasteiger partial charge on any atom is -0.479 e. The van der Waals surface area contributed by atoms with E-state index in [0.717, 1.165) is 0 Å². The molecule has 0 amide bonds. The average molecular weight is 388 g/mol. The molecule has 0 aromatic carbocycles. The van der Waals surface area contributed by atoms with Gasteiger partial charge in [-0.05, 0) is 0 Å². The van der Waals surface area contributed by atoms with E-state index in [-0.39, 0.29) is 0 Å². The van der Waals surface area contributed by atoms with Gasteiger partial charge in [0.15, 0.2) is 6.10 Å². The quantitative estimate of drug-likeness (QED) is 0.182. The molecule has 8 heteroatoms. The van der Waals surface area contributed by atoms with Gasteiger partial charge in [-0.1, -0.05) is 0 Å². The van der Waals surface area contributed by atoms with Crippen LogP contribution in [-0.2, 0) is 4.79 Å². The van der Waals surface area contributed by atoms with E-state index < -0.39 is 37.0 Å². The topological polar surface area (TPSA) is 138 Å². The molecule has 0 aliphatic heterocycles. The summed E-state index contributed by atoms with van der Waals surface area (Å²) in [6.07, 6.45) is 6.90. The molecule has 152 valence electrons. The van der Waals surface area contributed by atoms with E-state index >= 15 is 0 Å². The van der Waals surface area contributed by atoms with Gasteiger partial charge in [-0.15, -0.1) is 0 Å². The Hall–Kier alpha value is 0.270. The minimum atomic E-state index is -2.20. The van der Waals surface area contributed by atoms with Gasteiger partial charge in [0, 0.05) is 0 Å². The molecule has 0 fully saturated rings. The van der Waals surface area contributed by atoms with E-state index in [4.69, 9.17) is 30.6 Å². The number of hydrogen-bond donors (Lipinski definition) is 6. The molecular weight excluding hydrogens is 351 g/mol. The largest absolute Gasteiger partial charge is 0.479 e. The number of hydrogen-bond acceptors (Lipinski definition) is 6. The third-order valence-electron chi connectivity index (χ3n) is 4.21. The second kappa shape index (κ2) is 20.0. The van der Waals surface area contributed by atoms with E-state index in [0.29, 0.717) is 0 Å². The third-order valence-corrected chi connectivity index (χ3v) is 4.92. The zero-order chi connectivity index (χ0) is 20.4. The molecule has 6 N–H and O–H groups in total. The summed E-state index contributed by atoms with van der Waals surface area (Å²) in [6, 6.07) is 0. The van der Waals surface area contributed by atoms with E-state index in [2.05, 4.69) is 6.92 Å². The van der Waals surface area contributed by atoms with Crippen LogP contribution >= 0.6 is 0 Å². The molecule has 0 aliphatic rings. The SMILES string of the molecule is CCCCCCCCCCC[CH2][Na].O=C(O)C(O)C(O)C(O)C(O)CO.